The largest absolute Gasteiger partial charge is 0.457 e. The Labute approximate surface area is 164 Å². The number of hydrogen-bond acceptors (Lipinski definition) is 4. The Kier molecular flexibility index (Phi) is 5.84. The van der Waals surface area contributed by atoms with Gasteiger partial charge in [-0.05, 0) is 69.3 Å². The van der Waals surface area contributed by atoms with Crippen molar-refractivity contribution in [2.75, 3.05) is 5.32 Å². The van der Waals surface area contributed by atoms with Crippen molar-refractivity contribution < 1.29 is 19.0 Å². The lowest BCUT2D eigenvalue weighted by Crippen LogP contribution is -2.27. The third kappa shape index (κ3) is 6.06. The smallest absolute Gasteiger partial charge is 0.412 e. The Morgan fingerprint density at radius 2 is 1.39 bits per heavy atom. The van der Waals surface area contributed by atoms with Gasteiger partial charge in [-0.2, -0.15) is 0 Å². The monoisotopic (exact) mass is 376 g/mol. The summed E-state index contributed by atoms with van der Waals surface area (Å²) in [5.41, 5.74) is -0.0994. The molecule has 0 spiro atoms. The first kappa shape index (κ1) is 19.3. The molecule has 1 amide bonds. The summed E-state index contributed by atoms with van der Waals surface area (Å²) in [6, 6.07) is 25.1. The van der Waals surface area contributed by atoms with Crippen LogP contribution < -0.4 is 14.8 Å². The maximum Gasteiger partial charge on any atom is 0.412 e. The second kappa shape index (κ2) is 8.48. The quantitative estimate of drug-likeness (QED) is 0.558. The second-order valence-corrected chi connectivity index (χ2v) is 7.04. The van der Waals surface area contributed by atoms with Gasteiger partial charge in [-0.25, -0.2) is 4.79 Å². The zero-order valence-electron chi connectivity index (χ0n) is 16.1. The molecule has 1 N–H and O–H groups in total. The minimum atomic E-state index is -0.568. The molecule has 1 radical (unpaired) electrons. The molecule has 0 fully saturated rings. The molecule has 3 aromatic rings. The summed E-state index contributed by atoms with van der Waals surface area (Å²) in [4.78, 5) is 11.9. The van der Waals surface area contributed by atoms with Crippen molar-refractivity contribution in [3.05, 3.63) is 78.9 Å². The van der Waals surface area contributed by atoms with Gasteiger partial charge in [0, 0.05) is 0 Å². The van der Waals surface area contributed by atoms with Crippen molar-refractivity contribution in [2.45, 2.75) is 26.4 Å². The van der Waals surface area contributed by atoms with E-state index in [2.05, 4.69) is 11.4 Å². The normalized spacial score (nSPS) is 10.8. The average Bonchev–Trinajstić information content (AvgIpc) is 2.63. The van der Waals surface area contributed by atoms with Crippen molar-refractivity contribution in [3.8, 4) is 23.0 Å². The summed E-state index contributed by atoms with van der Waals surface area (Å²) in [6.07, 6.45) is -0.539. The van der Waals surface area contributed by atoms with Crippen LogP contribution in [0, 0.1) is 6.07 Å². The highest BCUT2D eigenvalue weighted by atomic mass is 16.6. The van der Waals surface area contributed by atoms with Gasteiger partial charge in [-0.1, -0.05) is 24.3 Å². The lowest BCUT2D eigenvalue weighted by molar-refractivity contribution is 0.0636. The molecule has 5 heteroatoms. The van der Waals surface area contributed by atoms with E-state index >= 15 is 0 Å². The highest BCUT2D eigenvalue weighted by Crippen LogP contribution is 2.27. The van der Waals surface area contributed by atoms with Crippen LogP contribution in [0.3, 0.4) is 0 Å². The number of amides is 1. The van der Waals surface area contributed by atoms with Crippen LogP contribution in [-0.4, -0.2) is 11.7 Å². The van der Waals surface area contributed by atoms with Gasteiger partial charge in [0.2, 0.25) is 0 Å². The third-order valence-electron chi connectivity index (χ3n) is 3.43. The van der Waals surface area contributed by atoms with Gasteiger partial charge < -0.3 is 14.2 Å². The fourth-order valence-corrected chi connectivity index (χ4v) is 2.32. The Morgan fingerprint density at radius 1 is 0.786 bits per heavy atom. The summed E-state index contributed by atoms with van der Waals surface area (Å²) in [6.45, 7) is 5.42. The Balaban J connectivity index is 1.61. The molecule has 0 aliphatic heterocycles. The molecule has 0 heterocycles. The van der Waals surface area contributed by atoms with Crippen LogP contribution in [0.15, 0.2) is 72.8 Å². The minimum absolute atomic E-state index is 0.468. The molecular weight excluding hydrogens is 354 g/mol. The molecule has 0 saturated heterocycles. The predicted molar refractivity (Wildman–Crippen MR) is 108 cm³/mol. The molecule has 3 rings (SSSR count). The lowest BCUT2D eigenvalue weighted by Gasteiger charge is -2.19. The van der Waals surface area contributed by atoms with Crippen molar-refractivity contribution >= 4 is 11.8 Å². The van der Waals surface area contributed by atoms with Crippen LogP contribution in [0.1, 0.15) is 20.8 Å². The Morgan fingerprint density at radius 3 is 2.04 bits per heavy atom. The lowest BCUT2D eigenvalue weighted by atomic mass is 10.2. The van der Waals surface area contributed by atoms with Crippen LogP contribution in [0.25, 0.3) is 0 Å². The molecule has 5 nitrogen and oxygen atoms in total. The summed E-state index contributed by atoms with van der Waals surface area (Å²) in [7, 11) is 0. The molecule has 0 aliphatic carbocycles. The third-order valence-corrected chi connectivity index (χ3v) is 3.43. The zero-order chi connectivity index (χ0) is 20.0. The first-order valence-electron chi connectivity index (χ1n) is 8.90. The second-order valence-electron chi connectivity index (χ2n) is 7.04. The van der Waals surface area contributed by atoms with E-state index in [1.165, 1.54) is 0 Å². The first-order valence-corrected chi connectivity index (χ1v) is 8.90. The molecular formula is C23H22NO4. The number of anilines is 1. The van der Waals surface area contributed by atoms with Crippen molar-refractivity contribution in [1.82, 2.24) is 0 Å². The fraction of sp³-hybridized carbons (Fsp3) is 0.174. The zero-order valence-corrected chi connectivity index (χ0v) is 16.1. The molecule has 0 aliphatic rings. The van der Waals surface area contributed by atoms with Crippen molar-refractivity contribution in [3.63, 3.8) is 0 Å². The standard InChI is InChI=1S/C23H22NO4/c1-23(2,3)28-22(25)24-17-8-7-11-21(16-17)27-20-14-12-19(13-15-20)26-18-9-5-4-6-10-18/h4-15H,1-3H3,(H,24,25). The van der Waals surface area contributed by atoms with Gasteiger partial charge in [0.05, 0.1) is 11.8 Å². The van der Waals surface area contributed by atoms with Gasteiger partial charge in [-0.15, -0.1) is 0 Å². The minimum Gasteiger partial charge on any atom is -0.457 e. The van der Waals surface area contributed by atoms with Crippen molar-refractivity contribution in [2.24, 2.45) is 0 Å². The maximum atomic E-state index is 11.9. The molecule has 28 heavy (non-hydrogen) atoms. The van der Waals surface area contributed by atoms with Crippen LogP contribution in [0.2, 0.25) is 0 Å². The highest BCUT2D eigenvalue weighted by molar-refractivity contribution is 5.84. The summed E-state index contributed by atoms with van der Waals surface area (Å²) < 4.78 is 16.8. The Hall–Kier alpha value is -3.47. The number of rotatable bonds is 5. The van der Waals surface area contributed by atoms with Crippen molar-refractivity contribution in [1.29, 1.82) is 0 Å². The first-order chi connectivity index (χ1) is 13.4. The van der Waals surface area contributed by atoms with E-state index in [9.17, 15) is 4.79 Å². The number of carbonyl (C=O) groups is 1. The van der Waals surface area contributed by atoms with E-state index in [0.717, 1.165) is 5.75 Å². The maximum absolute atomic E-state index is 11.9. The van der Waals surface area contributed by atoms with Gasteiger partial charge in [0.15, 0.2) is 0 Å². The summed E-state index contributed by atoms with van der Waals surface area (Å²) in [5, 5.41) is 2.64. The number of carbonyl (C=O) groups excluding carboxylic acids is 1. The molecule has 0 aromatic heterocycles. The molecule has 0 bridgehead atoms. The van der Waals surface area contributed by atoms with E-state index in [0.29, 0.717) is 22.9 Å². The molecule has 0 unspecified atom stereocenters. The van der Waals surface area contributed by atoms with E-state index in [1.54, 1.807) is 51.1 Å². The average molecular weight is 376 g/mol. The van der Waals surface area contributed by atoms with Crippen LogP contribution in [-0.2, 0) is 4.74 Å². The number of benzene rings is 3. The SMILES string of the molecule is CC(C)(C)OC(=O)Nc1[c]c(Oc2ccc(Oc3ccccc3)cc2)ccc1. The van der Waals surface area contributed by atoms with Crippen LogP contribution >= 0.6 is 0 Å². The molecule has 143 valence electrons. The van der Waals surface area contributed by atoms with E-state index in [-0.39, 0.29) is 0 Å². The molecule has 0 atom stereocenters. The summed E-state index contributed by atoms with van der Waals surface area (Å²) in [5.74, 6) is 2.59. The van der Waals surface area contributed by atoms with Gasteiger partial charge >= 0.3 is 6.09 Å². The molecule has 0 saturated carbocycles. The highest BCUT2D eigenvalue weighted by Gasteiger charge is 2.16. The topological polar surface area (TPSA) is 56.8 Å². The number of ether oxygens (including phenoxy) is 3. The number of hydrogen-bond donors (Lipinski definition) is 1. The van der Waals surface area contributed by atoms with Crippen LogP contribution in [0.5, 0.6) is 23.0 Å². The van der Waals surface area contributed by atoms with E-state index < -0.39 is 11.7 Å². The van der Waals surface area contributed by atoms with E-state index in [1.807, 2.05) is 42.5 Å². The number of nitrogens with one attached hydrogen (secondary N) is 1. The summed E-state index contributed by atoms with van der Waals surface area (Å²) >= 11 is 0. The predicted octanol–water partition coefficient (Wildman–Crippen LogP) is 6.42. The van der Waals surface area contributed by atoms with Crippen LogP contribution in [0.4, 0.5) is 10.5 Å². The fourth-order valence-electron chi connectivity index (χ4n) is 2.32. The van der Waals surface area contributed by atoms with Gasteiger partial charge in [0.25, 0.3) is 0 Å². The van der Waals surface area contributed by atoms with E-state index in [4.69, 9.17) is 14.2 Å². The Bertz CT molecular complexity index is 915. The molecule has 3 aromatic carbocycles. The number of para-hydroxylation sites is 1. The van der Waals surface area contributed by atoms with Gasteiger partial charge in [0.1, 0.15) is 28.6 Å². The van der Waals surface area contributed by atoms with Gasteiger partial charge in [-0.3, -0.25) is 5.32 Å².